The Labute approximate surface area is 127 Å². The third-order valence-electron chi connectivity index (χ3n) is 3.51. The highest BCUT2D eigenvalue weighted by atomic mass is 16.5. The number of carboxylic acids is 1. The number of ether oxygens (including phenoxy) is 1. The summed E-state index contributed by atoms with van der Waals surface area (Å²) < 4.78 is 5.41. The van der Waals surface area contributed by atoms with Crippen molar-refractivity contribution in [3.05, 3.63) is 65.5 Å². The number of pyridine rings is 1. The molecule has 1 aromatic carbocycles. The second kappa shape index (κ2) is 5.95. The fourth-order valence-electron chi connectivity index (χ4n) is 2.41. The predicted molar refractivity (Wildman–Crippen MR) is 77.4 cm³/mol. The Bertz CT molecular complexity index is 702. The zero-order chi connectivity index (χ0) is 15.5. The molecule has 6 nitrogen and oxygen atoms in total. The number of carbonyl (C=O) groups excluding carboxylic acids is 1. The van der Waals surface area contributed by atoms with Gasteiger partial charge < -0.3 is 14.7 Å². The molecule has 2 heterocycles. The number of amides is 1. The summed E-state index contributed by atoms with van der Waals surface area (Å²) in [5.74, 6) is -1.50. The lowest BCUT2D eigenvalue weighted by molar-refractivity contribution is 0.0652. The van der Waals surface area contributed by atoms with Crippen LogP contribution in [-0.4, -0.2) is 40.2 Å². The Hall–Kier alpha value is -2.73. The lowest BCUT2D eigenvalue weighted by atomic mass is 10.1. The molecule has 6 heteroatoms. The van der Waals surface area contributed by atoms with Gasteiger partial charge in [0.1, 0.15) is 18.1 Å². The van der Waals surface area contributed by atoms with E-state index in [0.717, 1.165) is 5.56 Å². The number of benzene rings is 1. The molecular weight excluding hydrogens is 284 g/mol. The summed E-state index contributed by atoms with van der Waals surface area (Å²) in [6, 6.07) is 13.8. The van der Waals surface area contributed by atoms with E-state index in [9.17, 15) is 9.59 Å². The normalized spacial score (nSPS) is 17.5. The minimum atomic E-state index is -1.16. The Balaban J connectivity index is 1.88. The molecular formula is C16H14N2O4. The van der Waals surface area contributed by atoms with Gasteiger partial charge in [-0.3, -0.25) is 4.79 Å². The van der Waals surface area contributed by atoms with Crippen LogP contribution in [0, 0.1) is 0 Å². The zero-order valence-corrected chi connectivity index (χ0v) is 11.7. The van der Waals surface area contributed by atoms with Gasteiger partial charge in [0, 0.05) is 0 Å². The highest BCUT2D eigenvalue weighted by Gasteiger charge is 2.32. The first-order valence-electron chi connectivity index (χ1n) is 6.81. The van der Waals surface area contributed by atoms with E-state index >= 15 is 0 Å². The van der Waals surface area contributed by atoms with E-state index in [2.05, 4.69) is 4.98 Å². The van der Waals surface area contributed by atoms with Crippen molar-refractivity contribution >= 4 is 11.9 Å². The van der Waals surface area contributed by atoms with Crippen LogP contribution in [0.25, 0.3) is 0 Å². The number of nitrogens with zero attached hydrogens (tertiary/aromatic N) is 2. The van der Waals surface area contributed by atoms with E-state index in [-0.39, 0.29) is 30.1 Å². The number of carboxylic acid groups (broad SMARTS) is 1. The second-order valence-electron chi connectivity index (χ2n) is 4.91. The Kier molecular flexibility index (Phi) is 3.84. The van der Waals surface area contributed by atoms with Gasteiger partial charge in [-0.05, 0) is 17.7 Å². The number of hydrogen-bond acceptors (Lipinski definition) is 4. The monoisotopic (exact) mass is 298 g/mol. The molecule has 1 fully saturated rings. The van der Waals surface area contributed by atoms with E-state index in [1.807, 2.05) is 30.3 Å². The number of aromatic nitrogens is 1. The zero-order valence-electron chi connectivity index (χ0n) is 11.7. The van der Waals surface area contributed by atoms with Gasteiger partial charge in [-0.2, -0.15) is 0 Å². The molecule has 0 bridgehead atoms. The topological polar surface area (TPSA) is 79.7 Å². The van der Waals surface area contributed by atoms with Crippen LogP contribution in [0.3, 0.4) is 0 Å². The molecule has 1 atom stereocenters. The van der Waals surface area contributed by atoms with Crippen molar-refractivity contribution in [3.63, 3.8) is 0 Å². The molecule has 112 valence electrons. The van der Waals surface area contributed by atoms with E-state index < -0.39 is 5.97 Å². The molecule has 1 N–H and O–H groups in total. The molecule has 1 aromatic heterocycles. The summed E-state index contributed by atoms with van der Waals surface area (Å²) in [5.41, 5.74) is 0.927. The SMILES string of the molecule is O=C(O)c1cccc(C(=O)N2COC[C@@H]2c2ccccc2)n1. The van der Waals surface area contributed by atoms with Crippen molar-refractivity contribution in [3.8, 4) is 0 Å². The third-order valence-corrected chi connectivity index (χ3v) is 3.51. The molecule has 22 heavy (non-hydrogen) atoms. The molecule has 1 saturated heterocycles. The van der Waals surface area contributed by atoms with Gasteiger partial charge in [-0.25, -0.2) is 9.78 Å². The fourth-order valence-corrected chi connectivity index (χ4v) is 2.41. The summed E-state index contributed by atoms with van der Waals surface area (Å²) in [4.78, 5) is 29.0. The van der Waals surface area contributed by atoms with Crippen molar-refractivity contribution in [2.24, 2.45) is 0 Å². The first kappa shape index (κ1) is 14.2. The maximum atomic E-state index is 12.6. The van der Waals surface area contributed by atoms with Crippen molar-refractivity contribution in [1.29, 1.82) is 0 Å². The van der Waals surface area contributed by atoms with Crippen LogP contribution in [-0.2, 0) is 4.74 Å². The van der Waals surface area contributed by atoms with E-state index in [0.29, 0.717) is 6.61 Å². The molecule has 3 rings (SSSR count). The van der Waals surface area contributed by atoms with Gasteiger partial charge in [-0.15, -0.1) is 0 Å². The standard InChI is InChI=1S/C16H14N2O4/c19-15(12-7-4-8-13(17-12)16(20)21)18-10-22-9-14(18)11-5-2-1-3-6-11/h1-8,14H,9-10H2,(H,20,21)/t14-/m1/s1. The minimum Gasteiger partial charge on any atom is -0.477 e. The number of aromatic carboxylic acids is 1. The summed E-state index contributed by atoms with van der Waals surface area (Å²) in [6.07, 6.45) is 0. The van der Waals surface area contributed by atoms with Crippen molar-refractivity contribution < 1.29 is 19.4 Å². The van der Waals surface area contributed by atoms with Gasteiger partial charge in [0.25, 0.3) is 5.91 Å². The van der Waals surface area contributed by atoms with Crippen LogP contribution in [0.15, 0.2) is 48.5 Å². The van der Waals surface area contributed by atoms with Crippen molar-refractivity contribution in [2.75, 3.05) is 13.3 Å². The highest BCUT2D eigenvalue weighted by Crippen LogP contribution is 2.27. The number of hydrogen-bond donors (Lipinski definition) is 1. The van der Waals surface area contributed by atoms with Gasteiger partial charge in [0.05, 0.1) is 12.6 Å². The van der Waals surface area contributed by atoms with E-state index in [1.165, 1.54) is 18.2 Å². The molecule has 1 aliphatic heterocycles. The second-order valence-corrected chi connectivity index (χ2v) is 4.91. The highest BCUT2D eigenvalue weighted by molar-refractivity contribution is 5.94. The lowest BCUT2D eigenvalue weighted by Gasteiger charge is -2.22. The molecule has 0 aliphatic carbocycles. The molecule has 0 saturated carbocycles. The van der Waals surface area contributed by atoms with Crippen LogP contribution < -0.4 is 0 Å². The molecule has 1 amide bonds. The van der Waals surface area contributed by atoms with Crippen molar-refractivity contribution in [2.45, 2.75) is 6.04 Å². The lowest BCUT2D eigenvalue weighted by Crippen LogP contribution is -2.32. The van der Waals surface area contributed by atoms with E-state index in [1.54, 1.807) is 4.90 Å². The first-order valence-corrected chi connectivity index (χ1v) is 6.81. The average Bonchev–Trinajstić information content (AvgIpc) is 3.04. The van der Waals surface area contributed by atoms with Crippen LogP contribution in [0.4, 0.5) is 0 Å². The Morgan fingerprint density at radius 2 is 1.82 bits per heavy atom. The molecule has 0 spiro atoms. The Morgan fingerprint density at radius 1 is 1.09 bits per heavy atom. The summed E-state index contributed by atoms with van der Waals surface area (Å²) in [5, 5.41) is 8.97. The van der Waals surface area contributed by atoms with Crippen molar-refractivity contribution in [1.82, 2.24) is 9.88 Å². The molecule has 0 unspecified atom stereocenters. The first-order chi connectivity index (χ1) is 10.7. The predicted octanol–water partition coefficient (Wildman–Crippen LogP) is 1.95. The largest absolute Gasteiger partial charge is 0.477 e. The summed E-state index contributed by atoms with van der Waals surface area (Å²) in [6.45, 7) is 0.575. The maximum absolute atomic E-state index is 12.6. The summed E-state index contributed by atoms with van der Waals surface area (Å²) in [7, 11) is 0. The van der Waals surface area contributed by atoms with Crippen LogP contribution >= 0.6 is 0 Å². The van der Waals surface area contributed by atoms with Gasteiger partial charge in [0.2, 0.25) is 0 Å². The molecule has 1 aliphatic rings. The van der Waals surface area contributed by atoms with E-state index in [4.69, 9.17) is 9.84 Å². The molecule has 2 aromatic rings. The number of rotatable bonds is 3. The number of carbonyl (C=O) groups is 2. The van der Waals surface area contributed by atoms with Gasteiger partial charge in [0.15, 0.2) is 0 Å². The summed E-state index contributed by atoms with van der Waals surface area (Å²) >= 11 is 0. The molecule has 0 radical (unpaired) electrons. The van der Waals surface area contributed by atoms with Crippen LogP contribution in [0.1, 0.15) is 32.6 Å². The van der Waals surface area contributed by atoms with Gasteiger partial charge in [-0.1, -0.05) is 36.4 Å². The van der Waals surface area contributed by atoms with Crippen LogP contribution in [0.5, 0.6) is 0 Å². The van der Waals surface area contributed by atoms with Crippen LogP contribution in [0.2, 0.25) is 0 Å². The fraction of sp³-hybridized carbons (Fsp3) is 0.188. The average molecular weight is 298 g/mol. The minimum absolute atomic E-state index is 0.103. The third kappa shape index (κ3) is 2.68. The maximum Gasteiger partial charge on any atom is 0.354 e. The Morgan fingerprint density at radius 3 is 2.55 bits per heavy atom. The van der Waals surface area contributed by atoms with Gasteiger partial charge >= 0.3 is 5.97 Å². The smallest absolute Gasteiger partial charge is 0.354 e. The quantitative estimate of drug-likeness (QED) is 0.937.